The number of carbonyl (C=O) groups excluding carboxylic acids is 2. The van der Waals surface area contributed by atoms with Gasteiger partial charge in [-0.25, -0.2) is 0 Å². The van der Waals surface area contributed by atoms with Crippen LogP contribution in [0.2, 0.25) is 0 Å². The molecule has 3 heterocycles. The van der Waals surface area contributed by atoms with Crippen molar-refractivity contribution in [1.29, 1.82) is 5.26 Å². The van der Waals surface area contributed by atoms with Crippen molar-refractivity contribution in [2.24, 2.45) is 0 Å². The van der Waals surface area contributed by atoms with Crippen LogP contribution in [-0.2, 0) is 9.59 Å². The highest BCUT2D eigenvalue weighted by atomic mass is 32.1. The number of amides is 2. The van der Waals surface area contributed by atoms with Gasteiger partial charge in [-0.1, -0.05) is 17.7 Å². The number of nitrogens with zero attached hydrogens (tertiary/aromatic N) is 2. The molecule has 2 amide bonds. The van der Waals surface area contributed by atoms with Crippen LogP contribution in [0.4, 0.5) is 0 Å². The molecule has 31 heavy (non-hydrogen) atoms. The molecule has 0 atom stereocenters. The van der Waals surface area contributed by atoms with E-state index in [1.165, 1.54) is 28.0 Å². The van der Waals surface area contributed by atoms with Gasteiger partial charge in [0.2, 0.25) is 0 Å². The van der Waals surface area contributed by atoms with Crippen LogP contribution >= 0.6 is 11.3 Å². The molecule has 0 fully saturated rings. The minimum atomic E-state index is -0.530. The smallest absolute Gasteiger partial charge is 0.271 e. The van der Waals surface area contributed by atoms with Crippen molar-refractivity contribution in [2.45, 2.75) is 34.6 Å². The van der Waals surface area contributed by atoms with Gasteiger partial charge >= 0.3 is 0 Å². The maximum Gasteiger partial charge on any atom is 0.271 e. The summed E-state index contributed by atoms with van der Waals surface area (Å²) in [6.45, 7) is 9.83. The van der Waals surface area contributed by atoms with Gasteiger partial charge in [0.25, 0.3) is 11.8 Å². The number of imide groups is 1. The predicted molar refractivity (Wildman–Crippen MR) is 122 cm³/mol. The Bertz CT molecular complexity index is 1310. The number of thiophene rings is 1. The van der Waals surface area contributed by atoms with Crippen molar-refractivity contribution in [3.63, 3.8) is 0 Å². The molecular weight excluding hydrogens is 408 g/mol. The molecule has 5 nitrogen and oxygen atoms in total. The molecule has 0 aliphatic carbocycles. The fraction of sp³-hybridized carbons (Fsp3) is 0.240. The molecule has 4 rings (SSSR count). The van der Waals surface area contributed by atoms with Gasteiger partial charge < -0.3 is 4.42 Å². The maximum absolute atomic E-state index is 12.8. The fourth-order valence-corrected chi connectivity index (χ4v) is 5.14. The lowest BCUT2D eigenvalue weighted by Crippen LogP contribution is -2.42. The zero-order valence-corrected chi connectivity index (χ0v) is 18.9. The number of furan rings is 1. The van der Waals surface area contributed by atoms with Gasteiger partial charge in [-0.15, -0.1) is 11.3 Å². The number of rotatable bonds is 3. The van der Waals surface area contributed by atoms with Gasteiger partial charge in [0.1, 0.15) is 23.0 Å². The van der Waals surface area contributed by atoms with Crippen LogP contribution in [0.3, 0.4) is 0 Å². The third-order valence-corrected chi connectivity index (χ3v) is 6.59. The predicted octanol–water partition coefficient (Wildman–Crippen LogP) is 5.70. The van der Waals surface area contributed by atoms with E-state index in [2.05, 4.69) is 32.9 Å². The lowest BCUT2D eigenvalue weighted by Gasteiger charge is -2.26. The second-order valence-electron chi connectivity index (χ2n) is 7.79. The lowest BCUT2D eigenvalue weighted by atomic mass is 9.95. The van der Waals surface area contributed by atoms with Gasteiger partial charge in [-0.05, 0) is 63.5 Å². The molecule has 0 radical (unpaired) electrons. The van der Waals surface area contributed by atoms with Crippen LogP contribution in [0.1, 0.15) is 35.4 Å². The molecule has 156 valence electrons. The summed E-state index contributed by atoms with van der Waals surface area (Å²) in [6.07, 6.45) is 1.74. The third kappa shape index (κ3) is 3.41. The first kappa shape index (κ1) is 20.8. The van der Waals surface area contributed by atoms with Crippen molar-refractivity contribution in [2.75, 3.05) is 6.54 Å². The topological polar surface area (TPSA) is 74.3 Å². The van der Waals surface area contributed by atoms with Crippen LogP contribution in [0.15, 0.2) is 45.4 Å². The van der Waals surface area contributed by atoms with E-state index in [9.17, 15) is 14.9 Å². The summed E-state index contributed by atoms with van der Waals surface area (Å²) >= 11 is 1.51. The Labute approximate surface area is 184 Å². The summed E-state index contributed by atoms with van der Waals surface area (Å²) in [5, 5.41) is 9.39. The Morgan fingerprint density at radius 3 is 2.32 bits per heavy atom. The van der Waals surface area contributed by atoms with Crippen LogP contribution in [0, 0.1) is 32.1 Å². The molecule has 0 saturated heterocycles. The summed E-state index contributed by atoms with van der Waals surface area (Å²) in [7, 11) is 0. The van der Waals surface area contributed by atoms with E-state index in [4.69, 9.17) is 4.42 Å². The van der Waals surface area contributed by atoms with E-state index in [1.807, 2.05) is 18.2 Å². The SMILES string of the molecule is CCN1C(=O)C(C#N)=C(C)/C(=C/c2cc3oc(-c4c(C)cc(C)cc4C)cc3s2)C1=O. The average Bonchev–Trinajstić information content (AvgIpc) is 3.23. The second kappa shape index (κ2) is 7.68. The molecule has 0 N–H and O–H groups in total. The van der Waals surface area contributed by atoms with E-state index in [0.29, 0.717) is 11.1 Å². The zero-order chi connectivity index (χ0) is 22.4. The van der Waals surface area contributed by atoms with Gasteiger partial charge in [0.15, 0.2) is 0 Å². The molecule has 0 unspecified atom stereocenters. The molecule has 6 heteroatoms. The molecule has 0 saturated carbocycles. The largest absolute Gasteiger partial charge is 0.455 e. The zero-order valence-electron chi connectivity index (χ0n) is 18.1. The Balaban J connectivity index is 1.77. The number of fused-ring (bicyclic) bond motifs is 1. The summed E-state index contributed by atoms with van der Waals surface area (Å²) in [5.41, 5.74) is 6.21. The molecular formula is C25H22N2O3S. The van der Waals surface area contributed by atoms with Gasteiger partial charge in [0, 0.05) is 28.6 Å². The summed E-state index contributed by atoms with van der Waals surface area (Å²) < 4.78 is 7.13. The number of hydrogen-bond acceptors (Lipinski definition) is 5. The maximum atomic E-state index is 12.8. The van der Waals surface area contributed by atoms with Crippen LogP contribution < -0.4 is 0 Å². The first-order valence-electron chi connectivity index (χ1n) is 10.1. The van der Waals surface area contributed by atoms with E-state index in [-0.39, 0.29) is 18.0 Å². The van der Waals surface area contributed by atoms with Crippen LogP contribution in [-0.4, -0.2) is 23.3 Å². The molecule has 2 aromatic heterocycles. The first-order chi connectivity index (χ1) is 14.7. The monoisotopic (exact) mass is 430 g/mol. The summed E-state index contributed by atoms with van der Waals surface area (Å²) in [5.74, 6) is -0.0755. The molecule has 3 aromatic rings. The van der Waals surface area contributed by atoms with Crippen molar-refractivity contribution in [3.05, 3.63) is 62.6 Å². The van der Waals surface area contributed by atoms with E-state index < -0.39 is 5.91 Å². The van der Waals surface area contributed by atoms with Crippen LogP contribution in [0.25, 0.3) is 27.7 Å². The van der Waals surface area contributed by atoms with Crippen molar-refractivity contribution >= 4 is 39.5 Å². The van der Waals surface area contributed by atoms with E-state index in [0.717, 1.165) is 31.4 Å². The normalized spacial score (nSPS) is 16.0. The average molecular weight is 431 g/mol. The molecule has 0 spiro atoms. The first-order valence-corrected chi connectivity index (χ1v) is 10.9. The standard InChI is InChI=1S/C25H22N2O3S/c1-6-27-24(28)18(16(5)19(12-26)25(27)29)9-17-10-20-22(31-17)11-21(30-20)23-14(3)7-13(2)8-15(23)4/h7-11H,6H2,1-5H3/b18-9-. The highest BCUT2D eigenvalue weighted by Crippen LogP contribution is 2.38. The number of aryl methyl sites for hydroxylation is 3. The van der Waals surface area contributed by atoms with Crippen molar-refractivity contribution < 1.29 is 14.0 Å². The quantitative estimate of drug-likeness (QED) is 0.395. The Morgan fingerprint density at radius 1 is 1.06 bits per heavy atom. The van der Waals surface area contributed by atoms with Gasteiger partial charge in [-0.3, -0.25) is 14.5 Å². The van der Waals surface area contributed by atoms with Crippen molar-refractivity contribution in [1.82, 2.24) is 4.90 Å². The number of likely N-dealkylation sites (N-methyl/N-ethyl adjacent to an activating group) is 1. The minimum Gasteiger partial charge on any atom is -0.455 e. The Kier molecular flexibility index (Phi) is 5.16. The number of benzene rings is 1. The minimum absolute atomic E-state index is 0.0144. The lowest BCUT2D eigenvalue weighted by molar-refractivity contribution is -0.140. The molecule has 1 aromatic carbocycles. The van der Waals surface area contributed by atoms with E-state index >= 15 is 0 Å². The number of carbonyl (C=O) groups is 2. The highest BCUT2D eigenvalue weighted by Gasteiger charge is 2.34. The Morgan fingerprint density at radius 2 is 1.74 bits per heavy atom. The number of nitriles is 1. The van der Waals surface area contributed by atoms with Crippen LogP contribution in [0.5, 0.6) is 0 Å². The third-order valence-electron chi connectivity index (χ3n) is 5.58. The van der Waals surface area contributed by atoms with E-state index in [1.54, 1.807) is 19.9 Å². The van der Waals surface area contributed by atoms with Gasteiger partial charge in [0.05, 0.1) is 4.70 Å². The Hall–Kier alpha value is -3.43. The highest BCUT2D eigenvalue weighted by molar-refractivity contribution is 7.19. The van der Waals surface area contributed by atoms with Crippen molar-refractivity contribution in [3.8, 4) is 17.4 Å². The summed E-state index contributed by atoms with van der Waals surface area (Å²) in [6, 6.07) is 10.2. The molecule has 1 aliphatic rings. The fourth-order valence-electron chi connectivity index (χ4n) is 4.18. The molecule has 1 aliphatic heterocycles. The second-order valence-corrected chi connectivity index (χ2v) is 8.90. The summed E-state index contributed by atoms with van der Waals surface area (Å²) in [4.78, 5) is 27.1. The van der Waals surface area contributed by atoms with Gasteiger partial charge in [-0.2, -0.15) is 5.26 Å². The number of hydrogen-bond donors (Lipinski definition) is 0. The molecule has 0 bridgehead atoms.